The maximum atomic E-state index is 5.82. The fourth-order valence-electron chi connectivity index (χ4n) is 4.03. The van der Waals surface area contributed by atoms with Gasteiger partial charge in [0.25, 0.3) is 0 Å². The summed E-state index contributed by atoms with van der Waals surface area (Å²) in [5.41, 5.74) is 6.18. The predicted octanol–water partition coefficient (Wildman–Crippen LogP) is 6.05. The molecule has 166 valence electrons. The van der Waals surface area contributed by atoms with E-state index in [1.54, 1.807) is 0 Å². The van der Waals surface area contributed by atoms with Crippen molar-refractivity contribution in [3.8, 4) is 16.9 Å². The summed E-state index contributed by atoms with van der Waals surface area (Å²) in [5.74, 6) is 2.21. The van der Waals surface area contributed by atoms with E-state index in [2.05, 4.69) is 62.0 Å². The monoisotopic (exact) mass is 438 g/mol. The number of nitrogens with one attached hydrogen (secondary N) is 3. The normalized spacial score (nSPS) is 11.3. The number of aromatic nitrogens is 4. The van der Waals surface area contributed by atoms with Crippen molar-refractivity contribution in [2.24, 2.45) is 0 Å². The van der Waals surface area contributed by atoms with E-state index in [-0.39, 0.29) is 6.10 Å². The first-order chi connectivity index (χ1) is 16.0. The van der Waals surface area contributed by atoms with Crippen molar-refractivity contribution in [1.29, 1.82) is 0 Å². The number of aryl methyl sites for hydroxylation is 1. The Morgan fingerprint density at radius 3 is 2.73 bits per heavy atom. The van der Waals surface area contributed by atoms with Gasteiger partial charge in [-0.25, -0.2) is 9.97 Å². The second-order valence-electron chi connectivity index (χ2n) is 8.29. The van der Waals surface area contributed by atoms with Crippen molar-refractivity contribution in [3.05, 3.63) is 66.4 Å². The van der Waals surface area contributed by atoms with Crippen LogP contribution in [0.5, 0.6) is 5.75 Å². The van der Waals surface area contributed by atoms with Crippen LogP contribution in [0.15, 0.2) is 60.8 Å². The van der Waals surface area contributed by atoms with E-state index < -0.39 is 0 Å². The number of ether oxygens (including phenoxy) is 1. The molecule has 0 aliphatic rings. The third kappa shape index (κ3) is 4.05. The summed E-state index contributed by atoms with van der Waals surface area (Å²) >= 11 is 0. The van der Waals surface area contributed by atoms with Crippen molar-refractivity contribution < 1.29 is 4.74 Å². The zero-order chi connectivity index (χ0) is 22.9. The number of hydrogen-bond acceptors (Lipinski definition) is 6. The van der Waals surface area contributed by atoms with Gasteiger partial charge in [0.15, 0.2) is 5.82 Å². The van der Waals surface area contributed by atoms with Crippen LogP contribution in [-0.2, 0) is 0 Å². The van der Waals surface area contributed by atoms with Gasteiger partial charge < -0.3 is 15.4 Å². The van der Waals surface area contributed by atoms with Gasteiger partial charge in [-0.1, -0.05) is 18.2 Å². The average Bonchev–Trinajstić information content (AvgIpc) is 3.20. The van der Waals surface area contributed by atoms with Crippen LogP contribution in [0.2, 0.25) is 0 Å². The highest BCUT2D eigenvalue weighted by atomic mass is 16.5. The minimum atomic E-state index is 0.120. The molecule has 5 aromatic rings. The number of hydrogen-bond donors (Lipinski definition) is 3. The maximum Gasteiger partial charge on any atom is 0.222 e. The van der Waals surface area contributed by atoms with E-state index in [0.717, 1.165) is 55.8 Å². The smallest absolute Gasteiger partial charge is 0.222 e. The lowest BCUT2D eigenvalue weighted by Gasteiger charge is -2.12. The van der Waals surface area contributed by atoms with Gasteiger partial charge in [0, 0.05) is 41.3 Å². The molecule has 0 spiro atoms. The summed E-state index contributed by atoms with van der Waals surface area (Å²) in [6.45, 7) is 6.15. The highest BCUT2D eigenvalue weighted by molar-refractivity contribution is 6.02. The summed E-state index contributed by atoms with van der Waals surface area (Å²) in [5, 5.41) is 16.3. The number of H-pyrrole nitrogens is 1. The van der Waals surface area contributed by atoms with E-state index in [4.69, 9.17) is 4.74 Å². The van der Waals surface area contributed by atoms with Crippen LogP contribution in [0, 0.1) is 6.92 Å². The van der Waals surface area contributed by atoms with E-state index in [1.807, 2.05) is 57.4 Å². The first kappa shape index (κ1) is 20.8. The van der Waals surface area contributed by atoms with Crippen LogP contribution in [0.4, 0.5) is 17.5 Å². The summed E-state index contributed by atoms with van der Waals surface area (Å²) in [4.78, 5) is 8.88. The van der Waals surface area contributed by atoms with E-state index in [1.165, 1.54) is 0 Å². The number of aromatic amines is 1. The van der Waals surface area contributed by atoms with Gasteiger partial charge in [0.2, 0.25) is 5.95 Å². The molecule has 33 heavy (non-hydrogen) atoms. The highest BCUT2D eigenvalue weighted by Gasteiger charge is 2.14. The molecule has 0 atom stereocenters. The van der Waals surface area contributed by atoms with E-state index in [9.17, 15) is 0 Å². The first-order valence-electron chi connectivity index (χ1n) is 11.0. The number of rotatable bonds is 6. The Labute approximate surface area is 192 Å². The number of fused-ring (bicyclic) bond motifs is 2. The molecule has 0 unspecified atom stereocenters. The molecule has 0 amide bonds. The molecule has 0 aliphatic carbocycles. The third-order valence-corrected chi connectivity index (χ3v) is 5.51. The molecule has 0 saturated heterocycles. The fraction of sp³-hybridized carbons (Fsp3) is 0.192. The summed E-state index contributed by atoms with van der Waals surface area (Å²) in [6.07, 6.45) is 1.97. The van der Waals surface area contributed by atoms with Gasteiger partial charge in [0.1, 0.15) is 5.75 Å². The number of anilines is 3. The summed E-state index contributed by atoms with van der Waals surface area (Å²) < 4.78 is 5.82. The molecule has 3 aromatic carbocycles. The molecule has 7 heteroatoms. The van der Waals surface area contributed by atoms with Gasteiger partial charge in [0.05, 0.1) is 17.1 Å². The minimum Gasteiger partial charge on any atom is -0.491 e. The predicted molar refractivity (Wildman–Crippen MR) is 134 cm³/mol. The maximum absolute atomic E-state index is 5.82. The largest absolute Gasteiger partial charge is 0.491 e. The Morgan fingerprint density at radius 2 is 1.91 bits per heavy atom. The zero-order valence-corrected chi connectivity index (χ0v) is 19.1. The Morgan fingerprint density at radius 1 is 1.03 bits per heavy atom. The molecule has 0 fully saturated rings. The molecule has 2 aromatic heterocycles. The van der Waals surface area contributed by atoms with Crippen molar-refractivity contribution in [3.63, 3.8) is 0 Å². The molecular formula is C26H26N6O. The van der Waals surface area contributed by atoms with Crippen LogP contribution < -0.4 is 15.4 Å². The number of nitrogens with zero attached hydrogens (tertiary/aromatic N) is 3. The molecular weight excluding hydrogens is 412 g/mol. The summed E-state index contributed by atoms with van der Waals surface area (Å²) in [7, 11) is 1.82. The molecule has 3 N–H and O–H groups in total. The highest BCUT2D eigenvalue weighted by Crippen LogP contribution is 2.36. The molecule has 5 rings (SSSR count). The van der Waals surface area contributed by atoms with Gasteiger partial charge in [-0.15, -0.1) is 0 Å². The lowest BCUT2D eigenvalue weighted by atomic mass is 9.97. The van der Waals surface area contributed by atoms with Crippen LogP contribution in [0.25, 0.3) is 32.9 Å². The van der Waals surface area contributed by atoms with Crippen LogP contribution in [0.1, 0.15) is 19.4 Å². The quantitative estimate of drug-likeness (QED) is 0.299. The first-order valence-corrected chi connectivity index (χ1v) is 11.0. The Bertz CT molecular complexity index is 1460. The molecule has 7 nitrogen and oxygen atoms in total. The molecule has 0 aliphatic heterocycles. The average molecular weight is 439 g/mol. The molecule has 2 heterocycles. The van der Waals surface area contributed by atoms with Crippen molar-refractivity contribution in [1.82, 2.24) is 20.2 Å². The molecule has 0 radical (unpaired) electrons. The summed E-state index contributed by atoms with van der Waals surface area (Å²) in [6, 6.07) is 18.4. The molecule has 0 bridgehead atoms. The molecule has 0 saturated carbocycles. The van der Waals surface area contributed by atoms with Crippen molar-refractivity contribution >= 4 is 39.3 Å². The third-order valence-electron chi connectivity index (χ3n) is 5.51. The SMILES string of the molecule is CNc1ncc2cc(-c3c(C)ccc4c(Nc5cccc(OC(C)C)c5)n[nH]c34)ccc2n1. The lowest BCUT2D eigenvalue weighted by Crippen LogP contribution is -2.05. The van der Waals surface area contributed by atoms with E-state index >= 15 is 0 Å². The van der Waals surface area contributed by atoms with Gasteiger partial charge in [-0.3, -0.25) is 5.10 Å². The topological polar surface area (TPSA) is 87.8 Å². The second-order valence-corrected chi connectivity index (χ2v) is 8.29. The van der Waals surface area contributed by atoms with Gasteiger partial charge in [-0.2, -0.15) is 5.10 Å². The Hall–Kier alpha value is -4.13. The Balaban J connectivity index is 1.54. The van der Waals surface area contributed by atoms with Gasteiger partial charge >= 0.3 is 0 Å². The Kier molecular flexibility index (Phi) is 5.30. The zero-order valence-electron chi connectivity index (χ0n) is 19.1. The van der Waals surface area contributed by atoms with Crippen LogP contribution >= 0.6 is 0 Å². The fourth-order valence-corrected chi connectivity index (χ4v) is 4.03. The van der Waals surface area contributed by atoms with Crippen molar-refractivity contribution in [2.75, 3.05) is 17.7 Å². The number of benzene rings is 3. The minimum absolute atomic E-state index is 0.120. The van der Waals surface area contributed by atoms with Gasteiger partial charge in [-0.05, 0) is 62.2 Å². The standard InChI is InChI=1S/C26H26N6O/c1-15(2)33-20-7-5-6-19(13-20)29-25-21-10-8-16(3)23(24(21)31-32-25)17-9-11-22-18(12-17)14-28-26(27-4)30-22/h5-15H,1-4H3,(H,27,28,30)(H2,29,31,32). The van der Waals surface area contributed by atoms with Crippen LogP contribution in [-0.4, -0.2) is 33.3 Å². The lowest BCUT2D eigenvalue weighted by molar-refractivity contribution is 0.242. The van der Waals surface area contributed by atoms with Crippen LogP contribution in [0.3, 0.4) is 0 Å². The van der Waals surface area contributed by atoms with Crippen molar-refractivity contribution in [2.45, 2.75) is 26.9 Å². The van der Waals surface area contributed by atoms with E-state index in [0.29, 0.717) is 5.95 Å². The second kappa shape index (κ2) is 8.43.